The van der Waals surface area contributed by atoms with Crippen LogP contribution in [-0.2, 0) is 4.79 Å². The highest BCUT2D eigenvalue weighted by atomic mass is 35.5. The first-order chi connectivity index (χ1) is 9.08. The number of amides is 1. The Morgan fingerprint density at radius 2 is 2.26 bits per heavy atom. The van der Waals surface area contributed by atoms with Gasteiger partial charge in [0.25, 0.3) is 5.91 Å². The van der Waals surface area contributed by atoms with Gasteiger partial charge in [0.2, 0.25) is 0 Å². The molecule has 0 aromatic heterocycles. The maximum absolute atomic E-state index is 11.9. The van der Waals surface area contributed by atoms with E-state index in [4.69, 9.17) is 22.1 Å². The molecule has 1 fully saturated rings. The number of halogens is 1. The molecule has 2 atom stereocenters. The molecule has 104 valence electrons. The van der Waals surface area contributed by atoms with Crippen molar-refractivity contribution in [3.05, 3.63) is 28.8 Å². The molecule has 1 saturated heterocycles. The lowest BCUT2D eigenvalue weighted by atomic mass is 10.1. The zero-order chi connectivity index (χ0) is 13.8. The Hall–Kier alpha value is -1.26. The SMILES string of the molecule is CC(N)c1cc(Cl)ccc1OC1CCCCNC1=O. The summed E-state index contributed by atoms with van der Waals surface area (Å²) >= 11 is 5.97. The molecule has 2 rings (SSSR count). The van der Waals surface area contributed by atoms with E-state index in [0.717, 1.165) is 31.4 Å². The molecule has 1 amide bonds. The standard InChI is InChI=1S/C14H19ClN2O2/c1-9(16)11-8-10(15)5-6-12(11)19-13-4-2-3-7-17-14(13)18/h5-6,8-9,13H,2-4,7,16H2,1H3,(H,17,18). The van der Waals surface area contributed by atoms with Crippen LogP contribution in [0.1, 0.15) is 37.8 Å². The van der Waals surface area contributed by atoms with Gasteiger partial charge in [-0.3, -0.25) is 4.79 Å². The molecular formula is C14H19ClN2O2. The highest BCUT2D eigenvalue weighted by molar-refractivity contribution is 6.30. The van der Waals surface area contributed by atoms with Crippen LogP contribution in [0.15, 0.2) is 18.2 Å². The second-order valence-corrected chi connectivity index (χ2v) is 5.30. The minimum absolute atomic E-state index is 0.0527. The summed E-state index contributed by atoms with van der Waals surface area (Å²) in [6.07, 6.45) is 2.25. The predicted octanol–water partition coefficient (Wildman–Crippen LogP) is 2.41. The maximum atomic E-state index is 11.9. The third-order valence-electron chi connectivity index (χ3n) is 3.22. The van der Waals surface area contributed by atoms with Crippen molar-refractivity contribution in [1.29, 1.82) is 0 Å². The number of rotatable bonds is 3. The van der Waals surface area contributed by atoms with Crippen molar-refractivity contribution in [3.63, 3.8) is 0 Å². The van der Waals surface area contributed by atoms with Gasteiger partial charge in [0.1, 0.15) is 5.75 Å². The van der Waals surface area contributed by atoms with E-state index >= 15 is 0 Å². The Balaban J connectivity index is 2.19. The van der Waals surface area contributed by atoms with E-state index in [2.05, 4.69) is 5.32 Å². The third kappa shape index (κ3) is 3.61. The van der Waals surface area contributed by atoms with E-state index in [-0.39, 0.29) is 11.9 Å². The number of carbonyl (C=O) groups excluding carboxylic acids is 1. The minimum atomic E-state index is -0.443. The van der Waals surface area contributed by atoms with Crippen molar-refractivity contribution in [2.45, 2.75) is 38.3 Å². The van der Waals surface area contributed by atoms with Crippen LogP contribution >= 0.6 is 11.6 Å². The molecule has 0 radical (unpaired) electrons. The number of nitrogens with one attached hydrogen (secondary N) is 1. The van der Waals surface area contributed by atoms with Crippen molar-refractivity contribution >= 4 is 17.5 Å². The lowest BCUT2D eigenvalue weighted by Gasteiger charge is -2.20. The van der Waals surface area contributed by atoms with Crippen molar-refractivity contribution < 1.29 is 9.53 Å². The van der Waals surface area contributed by atoms with Crippen LogP contribution in [0.25, 0.3) is 0 Å². The molecule has 4 nitrogen and oxygen atoms in total. The lowest BCUT2D eigenvalue weighted by molar-refractivity contribution is -0.127. The lowest BCUT2D eigenvalue weighted by Crippen LogP contribution is -2.36. The Kier molecular flexibility index (Phi) is 4.66. The van der Waals surface area contributed by atoms with E-state index < -0.39 is 6.10 Å². The normalized spacial score (nSPS) is 21.4. The fourth-order valence-electron chi connectivity index (χ4n) is 2.16. The van der Waals surface area contributed by atoms with Crippen LogP contribution < -0.4 is 15.8 Å². The summed E-state index contributed by atoms with van der Waals surface area (Å²) in [6, 6.07) is 5.12. The van der Waals surface area contributed by atoms with Crippen LogP contribution in [0.4, 0.5) is 0 Å². The van der Waals surface area contributed by atoms with Gasteiger partial charge >= 0.3 is 0 Å². The molecule has 5 heteroatoms. The average molecular weight is 283 g/mol. The smallest absolute Gasteiger partial charge is 0.261 e. The predicted molar refractivity (Wildman–Crippen MR) is 75.3 cm³/mol. The Morgan fingerprint density at radius 1 is 1.47 bits per heavy atom. The summed E-state index contributed by atoms with van der Waals surface area (Å²) in [4.78, 5) is 11.9. The summed E-state index contributed by atoms with van der Waals surface area (Å²) in [5.74, 6) is 0.588. The fraction of sp³-hybridized carbons (Fsp3) is 0.500. The zero-order valence-corrected chi connectivity index (χ0v) is 11.7. The number of nitrogens with two attached hydrogens (primary N) is 1. The van der Waals surface area contributed by atoms with Gasteiger partial charge in [-0.05, 0) is 44.4 Å². The van der Waals surface area contributed by atoms with Gasteiger partial charge in [0.05, 0.1) is 0 Å². The number of carbonyl (C=O) groups is 1. The number of hydrogen-bond donors (Lipinski definition) is 2. The second-order valence-electron chi connectivity index (χ2n) is 4.86. The molecule has 0 saturated carbocycles. The summed E-state index contributed by atoms with van der Waals surface area (Å²) < 4.78 is 5.84. The number of ether oxygens (including phenoxy) is 1. The Labute approximate surface area is 118 Å². The van der Waals surface area contributed by atoms with Crippen LogP contribution in [0, 0.1) is 0 Å². The van der Waals surface area contributed by atoms with Gasteiger partial charge in [0, 0.05) is 23.2 Å². The largest absolute Gasteiger partial charge is 0.480 e. The van der Waals surface area contributed by atoms with Crippen LogP contribution in [0.2, 0.25) is 5.02 Å². The number of benzene rings is 1. The summed E-state index contributed by atoms with van der Waals surface area (Å²) in [5.41, 5.74) is 6.74. The Bertz CT molecular complexity index is 463. The first-order valence-corrected chi connectivity index (χ1v) is 6.95. The second kappa shape index (κ2) is 6.26. The third-order valence-corrected chi connectivity index (χ3v) is 3.45. The van der Waals surface area contributed by atoms with Gasteiger partial charge in [0.15, 0.2) is 6.10 Å². The molecular weight excluding hydrogens is 264 g/mol. The molecule has 3 N–H and O–H groups in total. The first-order valence-electron chi connectivity index (χ1n) is 6.57. The van der Waals surface area contributed by atoms with E-state index in [1.807, 2.05) is 6.92 Å². The van der Waals surface area contributed by atoms with Gasteiger partial charge < -0.3 is 15.8 Å². The van der Waals surface area contributed by atoms with Crippen LogP contribution in [-0.4, -0.2) is 18.6 Å². The fourth-order valence-corrected chi connectivity index (χ4v) is 2.34. The number of hydrogen-bond acceptors (Lipinski definition) is 3. The molecule has 1 aliphatic heterocycles. The molecule has 2 unspecified atom stereocenters. The van der Waals surface area contributed by atoms with Gasteiger partial charge in [-0.25, -0.2) is 0 Å². The molecule has 19 heavy (non-hydrogen) atoms. The van der Waals surface area contributed by atoms with Crippen molar-refractivity contribution in [2.75, 3.05) is 6.54 Å². The molecule has 0 aliphatic carbocycles. The van der Waals surface area contributed by atoms with Crippen molar-refractivity contribution in [3.8, 4) is 5.75 Å². The first kappa shape index (κ1) is 14.2. The van der Waals surface area contributed by atoms with Crippen molar-refractivity contribution in [2.24, 2.45) is 5.73 Å². The summed E-state index contributed by atoms with van der Waals surface area (Å²) in [6.45, 7) is 2.59. The van der Waals surface area contributed by atoms with E-state index in [1.54, 1.807) is 18.2 Å². The quantitative estimate of drug-likeness (QED) is 0.895. The van der Waals surface area contributed by atoms with Gasteiger partial charge in [-0.2, -0.15) is 0 Å². The summed E-state index contributed by atoms with van der Waals surface area (Å²) in [5, 5.41) is 3.47. The molecule has 0 spiro atoms. The van der Waals surface area contributed by atoms with E-state index in [0.29, 0.717) is 10.8 Å². The van der Waals surface area contributed by atoms with E-state index in [9.17, 15) is 4.79 Å². The highest BCUT2D eigenvalue weighted by Crippen LogP contribution is 2.29. The molecule has 1 heterocycles. The molecule has 1 aliphatic rings. The van der Waals surface area contributed by atoms with Crippen LogP contribution in [0.5, 0.6) is 5.75 Å². The average Bonchev–Trinajstić information content (AvgIpc) is 2.57. The topological polar surface area (TPSA) is 64.3 Å². The van der Waals surface area contributed by atoms with E-state index in [1.165, 1.54) is 0 Å². The highest BCUT2D eigenvalue weighted by Gasteiger charge is 2.23. The zero-order valence-electron chi connectivity index (χ0n) is 11.0. The monoisotopic (exact) mass is 282 g/mol. The molecule has 0 bridgehead atoms. The maximum Gasteiger partial charge on any atom is 0.261 e. The van der Waals surface area contributed by atoms with Crippen molar-refractivity contribution in [1.82, 2.24) is 5.32 Å². The summed E-state index contributed by atoms with van der Waals surface area (Å²) in [7, 11) is 0. The molecule has 1 aromatic rings. The van der Waals surface area contributed by atoms with Gasteiger partial charge in [-0.1, -0.05) is 11.6 Å². The minimum Gasteiger partial charge on any atom is -0.480 e. The van der Waals surface area contributed by atoms with Gasteiger partial charge in [-0.15, -0.1) is 0 Å². The Morgan fingerprint density at radius 3 is 3.00 bits per heavy atom. The molecule has 1 aromatic carbocycles. The van der Waals surface area contributed by atoms with Crippen LogP contribution in [0.3, 0.4) is 0 Å².